The number of aryl methyl sites for hydroxylation is 1. The predicted molar refractivity (Wildman–Crippen MR) is 116 cm³/mol. The van der Waals surface area contributed by atoms with E-state index in [1.807, 2.05) is 4.90 Å². The van der Waals surface area contributed by atoms with Crippen LogP contribution in [0.3, 0.4) is 0 Å². The van der Waals surface area contributed by atoms with Crippen molar-refractivity contribution in [2.75, 3.05) is 36.8 Å². The number of pyridine rings is 1. The van der Waals surface area contributed by atoms with E-state index in [9.17, 15) is 4.79 Å². The predicted octanol–water partition coefficient (Wildman–Crippen LogP) is 4.23. The Bertz CT molecular complexity index is 907. The van der Waals surface area contributed by atoms with E-state index in [1.165, 1.54) is 54.0 Å². The van der Waals surface area contributed by atoms with Crippen molar-refractivity contribution in [3.63, 3.8) is 0 Å². The minimum absolute atomic E-state index is 0.107. The highest BCUT2D eigenvalue weighted by atomic mass is 32.1. The van der Waals surface area contributed by atoms with E-state index >= 15 is 0 Å². The lowest BCUT2D eigenvalue weighted by atomic mass is 9.89. The summed E-state index contributed by atoms with van der Waals surface area (Å²) in [5.74, 6) is 2.09. The molecule has 1 aliphatic carbocycles. The fourth-order valence-electron chi connectivity index (χ4n) is 5.10. The van der Waals surface area contributed by atoms with Crippen LogP contribution in [0.25, 0.3) is 10.2 Å². The zero-order chi connectivity index (χ0) is 19.3. The average Bonchev–Trinajstić information content (AvgIpc) is 3.36. The number of nitrogen functional groups attached to an aromatic ring is 1. The van der Waals surface area contributed by atoms with Gasteiger partial charge in [-0.2, -0.15) is 0 Å². The first kappa shape index (κ1) is 18.2. The van der Waals surface area contributed by atoms with Crippen LogP contribution < -0.4 is 10.6 Å². The third-order valence-electron chi connectivity index (χ3n) is 6.84. The molecule has 150 valence electrons. The van der Waals surface area contributed by atoms with Gasteiger partial charge in [-0.15, -0.1) is 11.3 Å². The molecule has 2 aromatic rings. The molecule has 0 unspecified atom stereocenters. The van der Waals surface area contributed by atoms with Crippen molar-refractivity contribution in [3.05, 3.63) is 16.0 Å². The number of rotatable bonds is 2. The van der Waals surface area contributed by atoms with Crippen LogP contribution in [0.5, 0.6) is 0 Å². The van der Waals surface area contributed by atoms with Crippen LogP contribution in [-0.2, 0) is 12.8 Å². The highest BCUT2D eigenvalue weighted by molar-refractivity contribution is 7.21. The minimum atomic E-state index is 0.107. The zero-order valence-corrected chi connectivity index (χ0v) is 17.6. The molecule has 2 fully saturated rings. The molecule has 5 rings (SSSR count). The third kappa shape index (κ3) is 2.97. The number of thiophene rings is 1. The van der Waals surface area contributed by atoms with Gasteiger partial charge in [-0.3, -0.25) is 4.79 Å². The van der Waals surface area contributed by atoms with Crippen LogP contribution >= 0.6 is 11.3 Å². The summed E-state index contributed by atoms with van der Waals surface area (Å²) in [7, 11) is 0. The summed E-state index contributed by atoms with van der Waals surface area (Å²) in [6, 6.07) is 0. The lowest BCUT2D eigenvalue weighted by molar-refractivity contribution is 0.0798. The lowest BCUT2D eigenvalue weighted by Crippen LogP contribution is -2.34. The number of carbonyl (C=O) groups is 1. The monoisotopic (exact) mass is 398 g/mol. The largest absolute Gasteiger partial charge is 0.397 e. The van der Waals surface area contributed by atoms with Crippen molar-refractivity contribution < 1.29 is 4.79 Å². The van der Waals surface area contributed by atoms with Crippen LogP contribution in [0.2, 0.25) is 0 Å². The summed E-state index contributed by atoms with van der Waals surface area (Å²) in [6.07, 6.45) is 9.24. The quantitative estimate of drug-likeness (QED) is 0.822. The molecule has 2 aliphatic heterocycles. The van der Waals surface area contributed by atoms with Crippen molar-refractivity contribution in [1.29, 1.82) is 0 Å². The number of aromatic nitrogens is 1. The first-order valence-electron chi connectivity index (χ1n) is 10.9. The highest BCUT2D eigenvalue weighted by Crippen LogP contribution is 2.43. The van der Waals surface area contributed by atoms with Crippen molar-refractivity contribution >= 4 is 39.0 Å². The van der Waals surface area contributed by atoms with E-state index in [0.717, 1.165) is 68.0 Å². The molecular weight excluding hydrogens is 368 g/mol. The Morgan fingerprint density at radius 1 is 1.04 bits per heavy atom. The number of amides is 1. The molecule has 2 N–H and O–H groups in total. The van der Waals surface area contributed by atoms with Crippen LogP contribution in [0.1, 0.15) is 66.2 Å². The summed E-state index contributed by atoms with van der Waals surface area (Å²) in [4.78, 5) is 24.3. The molecule has 0 bridgehead atoms. The van der Waals surface area contributed by atoms with Crippen molar-refractivity contribution in [2.45, 2.75) is 58.3 Å². The lowest BCUT2D eigenvalue weighted by Gasteiger charge is -2.34. The van der Waals surface area contributed by atoms with Gasteiger partial charge in [0.1, 0.15) is 15.5 Å². The second-order valence-corrected chi connectivity index (χ2v) is 9.79. The molecule has 3 aliphatic rings. The van der Waals surface area contributed by atoms with Crippen LogP contribution in [0.15, 0.2) is 0 Å². The Morgan fingerprint density at radius 3 is 2.43 bits per heavy atom. The SMILES string of the molecule is CC1CCN(c2nc3sc(C(=O)N4CCCC4)c(N)c3c3c2CCCC3)CC1. The summed E-state index contributed by atoms with van der Waals surface area (Å²) < 4.78 is 0. The van der Waals surface area contributed by atoms with Gasteiger partial charge >= 0.3 is 0 Å². The number of piperidine rings is 1. The van der Waals surface area contributed by atoms with E-state index in [1.54, 1.807) is 0 Å². The number of hydrogen-bond acceptors (Lipinski definition) is 5. The van der Waals surface area contributed by atoms with Gasteiger partial charge in [-0.1, -0.05) is 6.92 Å². The van der Waals surface area contributed by atoms with E-state index in [4.69, 9.17) is 10.7 Å². The molecule has 1 amide bonds. The van der Waals surface area contributed by atoms with E-state index in [-0.39, 0.29) is 5.91 Å². The first-order valence-corrected chi connectivity index (χ1v) is 11.7. The first-order chi connectivity index (χ1) is 13.6. The molecule has 2 aromatic heterocycles. The average molecular weight is 399 g/mol. The van der Waals surface area contributed by atoms with Gasteiger partial charge in [-0.25, -0.2) is 4.98 Å². The van der Waals surface area contributed by atoms with Gasteiger partial charge in [0.2, 0.25) is 0 Å². The van der Waals surface area contributed by atoms with Gasteiger partial charge in [0.25, 0.3) is 5.91 Å². The molecule has 5 nitrogen and oxygen atoms in total. The van der Waals surface area contributed by atoms with E-state index in [2.05, 4.69) is 11.8 Å². The minimum Gasteiger partial charge on any atom is -0.397 e. The molecule has 28 heavy (non-hydrogen) atoms. The van der Waals surface area contributed by atoms with Gasteiger partial charge in [-0.05, 0) is 68.4 Å². The molecule has 2 saturated heterocycles. The van der Waals surface area contributed by atoms with Crippen LogP contribution in [0, 0.1) is 5.92 Å². The van der Waals surface area contributed by atoms with E-state index < -0.39 is 0 Å². The number of likely N-dealkylation sites (tertiary alicyclic amines) is 1. The molecule has 0 spiro atoms. The molecular formula is C22H30N4OS. The molecule has 6 heteroatoms. The Hall–Kier alpha value is -1.82. The third-order valence-corrected chi connectivity index (χ3v) is 7.93. The highest BCUT2D eigenvalue weighted by Gasteiger charge is 2.30. The van der Waals surface area contributed by atoms with Gasteiger partial charge < -0.3 is 15.5 Å². The number of fused-ring (bicyclic) bond motifs is 3. The van der Waals surface area contributed by atoms with Gasteiger partial charge in [0.05, 0.1) is 5.69 Å². The van der Waals surface area contributed by atoms with Crippen molar-refractivity contribution in [3.8, 4) is 0 Å². The summed E-state index contributed by atoms with van der Waals surface area (Å²) in [5.41, 5.74) is 10.0. The second-order valence-electron chi connectivity index (χ2n) is 8.79. The number of carbonyl (C=O) groups excluding carboxylic acids is 1. The molecule has 0 aromatic carbocycles. The normalized spacial score (nSPS) is 20.8. The molecule has 4 heterocycles. The second kappa shape index (κ2) is 7.21. The Labute approximate surface area is 170 Å². The fraction of sp³-hybridized carbons (Fsp3) is 0.636. The van der Waals surface area contributed by atoms with Crippen molar-refractivity contribution in [2.24, 2.45) is 5.92 Å². The molecule has 0 radical (unpaired) electrons. The van der Waals surface area contributed by atoms with Crippen LogP contribution in [0.4, 0.5) is 11.5 Å². The van der Waals surface area contributed by atoms with Gasteiger partial charge in [0.15, 0.2) is 0 Å². The number of anilines is 2. The summed E-state index contributed by atoms with van der Waals surface area (Å²) >= 11 is 1.52. The van der Waals surface area contributed by atoms with E-state index in [0.29, 0.717) is 10.6 Å². The Kier molecular flexibility index (Phi) is 4.69. The molecule has 0 atom stereocenters. The van der Waals surface area contributed by atoms with Crippen molar-refractivity contribution in [1.82, 2.24) is 9.88 Å². The maximum Gasteiger partial charge on any atom is 0.266 e. The summed E-state index contributed by atoms with van der Waals surface area (Å²) in [5, 5.41) is 1.08. The number of nitrogens with two attached hydrogens (primary N) is 1. The Morgan fingerprint density at radius 2 is 1.71 bits per heavy atom. The summed E-state index contributed by atoms with van der Waals surface area (Å²) in [6.45, 7) is 6.24. The van der Waals surface area contributed by atoms with Gasteiger partial charge in [0, 0.05) is 31.6 Å². The topological polar surface area (TPSA) is 62.5 Å². The fourth-order valence-corrected chi connectivity index (χ4v) is 6.19. The maximum atomic E-state index is 13.0. The standard InChI is InChI=1S/C22H30N4OS/c1-14-8-12-25(13-9-14)20-16-7-3-2-6-15(16)17-18(23)19(28-21(17)24-20)22(27)26-10-4-5-11-26/h14H,2-13,23H2,1H3. The molecule has 0 saturated carbocycles. The van der Waals surface area contributed by atoms with Crippen LogP contribution in [-0.4, -0.2) is 42.0 Å². The maximum absolute atomic E-state index is 13.0. The number of nitrogens with zero attached hydrogens (tertiary/aromatic N) is 3. The number of hydrogen-bond donors (Lipinski definition) is 1. The smallest absolute Gasteiger partial charge is 0.266 e. The zero-order valence-electron chi connectivity index (χ0n) is 16.8. The Balaban J connectivity index is 1.61.